The Morgan fingerprint density at radius 2 is 1.12 bits per heavy atom. The molecule has 0 rings (SSSR count). The zero-order valence-electron chi connectivity index (χ0n) is 11.8. The third-order valence-corrected chi connectivity index (χ3v) is 2.38. The molecule has 2 N–H and O–H groups in total. The smallest absolute Gasteiger partial charge is 0.0662 e. The normalized spacial score (nSPS) is 9.88. The number of hydrogen-bond acceptors (Lipinski definition) is 3. The molecule has 0 aliphatic heterocycles. The van der Waals surface area contributed by atoms with E-state index in [-0.39, 0.29) is 13.2 Å². The van der Waals surface area contributed by atoms with Crippen LogP contribution in [0.25, 0.3) is 0 Å². The standard InChI is InChI=1S/C12H26O.C2H6O2/c1-3-5-7-8-9-10-12-13-11-6-4-2;3-1-2-4/h3-12H2,1-2H3;3-4H,1-2H2. The van der Waals surface area contributed by atoms with Gasteiger partial charge in [0.15, 0.2) is 0 Å². The SMILES string of the molecule is CCCCCCCCOCCCC.OCCO. The van der Waals surface area contributed by atoms with E-state index in [0.29, 0.717) is 0 Å². The summed E-state index contributed by atoms with van der Waals surface area (Å²) in [5.74, 6) is 0. The summed E-state index contributed by atoms with van der Waals surface area (Å²) in [4.78, 5) is 0. The Morgan fingerprint density at radius 3 is 1.65 bits per heavy atom. The van der Waals surface area contributed by atoms with Crippen LogP contribution < -0.4 is 0 Å². The average molecular weight is 248 g/mol. The van der Waals surface area contributed by atoms with Gasteiger partial charge in [-0.3, -0.25) is 0 Å². The third-order valence-electron chi connectivity index (χ3n) is 2.38. The van der Waals surface area contributed by atoms with Gasteiger partial charge in [0.1, 0.15) is 0 Å². The van der Waals surface area contributed by atoms with Crippen molar-refractivity contribution in [3.05, 3.63) is 0 Å². The molecule has 0 aromatic rings. The van der Waals surface area contributed by atoms with Crippen molar-refractivity contribution in [1.29, 1.82) is 0 Å². The Labute approximate surface area is 107 Å². The molecule has 0 radical (unpaired) electrons. The summed E-state index contributed by atoms with van der Waals surface area (Å²) >= 11 is 0. The van der Waals surface area contributed by atoms with E-state index < -0.39 is 0 Å². The van der Waals surface area contributed by atoms with Crippen LogP contribution >= 0.6 is 0 Å². The van der Waals surface area contributed by atoms with Gasteiger partial charge in [0.2, 0.25) is 0 Å². The molecule has 0 atom stereocenters. The lowest BCUT2D eigenvalue weighted by atomic mass is 10.1. The summed E-state index contributed by atoms with van der Waals surface area (Å²) in [6.45, 7) is 6.15. The Kier molecular flexibility index (Phi) is 24.0. The fourth-order valence-corrected chi connectivity index (χ4v) is 1.33. The molecule has 0 aliphatic rings. The highest BCUT2D eigenvalue weighted by molar-refractivity contribution is 4.43. The van der Waals surface area contributed by atoms with Gasteiger partial charge >= 0.3 is 0 Å². The minimum absolute atomic E-state index is 0.125. The zero-order chi connectivity index (χ0) is 13.2. The molecule has 17 heavy (non-hydrogen) atoms. The van der Waals surface area contributed by atoms with Crippen molar-refractivity contribution < 1.29 is 14.9 Å². The monoisotopic (exact) mass is 248 g/mol. The second-order valence-electron chi connectivity index (χ2n) is 4.18. The minimum Gasteiger partial charge on any atom is -0.394 e. The van der Waals surface area contributed by atoms with Crippen LogP contribution in [0.4, 0.5) is 0 Å². The van der Waals surface area contributed by atoms with Gasteiger partial charge in [-0.25, -0.2) is 0 Å². The average Bonchev–Trinajstić information content (AvgIpc) is 2.37. The van der Waals surface area contributed by atoms with Gasteiger partial charge in [0, 0.05) is 13.2 Å². The number of hydrogen-bond donors (Lipinski definition) is 2. The molecule has 0 heterocycles. The summed E-state index contributed by atoms with van der Waals surface area (Å²) < 4.78 is 5.48. The predicted octanol–water partition coefficient (Wildman–Crippen LogP) is 3.13. The Hall–Kier alpha value is -0.120. The molecule has 0 aliphatic carbocycles. The summed E-state index contributed by atoms with van der Waals surface area (Å²) in [6.07, 6.45) is 10.6. The predicted molar refractivity (Wildman–Crippen MR) is 73.3 cm³/mol. The molecule has 0 saturated heterocycles. The van der Waals surface area contributed by atoms with Crippen molar-refractivity contribution in [2.24, 2.45) is 0 Å². The van der Waals surface area contributed by atoms with Gasteiger partial charge in [-0.1, -0.05) is 52.4 Å². The molecule has 0 bridgehead atoms. The lowest BCUT2D eigenvalue weighted by molar-refractivity contribution is 0.127. The fraction of sp³-hybridized carbons (Fsp3) is 1.00. The number of rotatable bonds is 11. The van der Waals surface area contributed by atoms with Crippen LogP contribution in [0.1, 0.15) is 65.2 Å². The van der Waals surface area contributed by atoms with E-state index in [4.69, 9.17) is 14.9 Å². The van der Waals surface area contributed by atoms with Crippen LogP contribution in [-0.4, -0.2) is 36.6 Å². The summed E-state index contributed by atoms with van der Waals surface area (Å²) in [5, 5.41) is 15.2. The highest BCUT2D eigenvalue weighted by atomic mass is 16.5. The maximum Gasteiger partial charge on any atom is 0.0662 e. The van der Waals surface area contributed by atoms with Gasteiger partial charge in [-0.2, -0.15) is 0 Å². The van der Waals surface area contributed by atoms with E-state index in [2.05, 4.69) is 13.8 Å². The number of ether oxygens (including phenoxy) is 1. The first-order chi connectivity index (χ1) is 8.33. The van der Waals surface area contributed by atoms with Crippen LogP contribution in [0.3, 0.4) is 0 Å². The third kappa shape index (κ3) is 25.8. The molecular weight excluding hydrogens is 216 g/mol. The molecule has 0 fully saturated rings. The van der Waals surface area contributed by atoms with E-state index >= 15 is 0 Å². The highest BCUT2D eigenvalue weighted by Crippen LogP contribution is 2.04. The van der Waals surface area contributed by atoms with Crippen molar-refractivity contribution in [3.8, 4) is 0 Å². The maximum absolute atomic E-state index is 7.62. The first-order valence-electron chi connectivity index (χ1n) is 7.12. The van der Waals surface area contributed by atoms with Crippen LogP contribution in [0.2, 0.25) is 0 Å². The van der Waals surface area contributed by atoms with Gasteiger partial charge in [0.05, 0.1) is 13.2 Å². The molecule has 106 valence electrons. The molecule has 0 amide bonds. The van der Waals surface area contributed by atoms with E-state index in [1.165, 1.54) is 51.4 Å². The van der Waals surface area contributed by atoms with Gasteiger partial charge < -0.3 is 14.9 Å². The lowest BCUT2D eigenvalue weighted by Crippen LogP contribution is -1.96. The van der Waals surface area contributed by atoms with Crippen molar-refractivity contribution in [2.45, 2.75) is 65.2 Å². The number of aliphatic hydroxyl groups excluding tert-OH is 2. The van der Waals surface area contributed by atoms with E-state index in [9.17, 15) is 0 Å². The second kappa shape index (κ2) is 21.2. The van der Waals surface area contributed by atoms with E-state index in [1.54, 1.807) is 0 Å². The Morgan fingerprint density at radius 1 is 0.647 bits per heavy atom. The van der Waals surface area contributed by atoms with Crippen LogP contribution in [-0.2, 0) is 4.74 Å². The van der Waals surface area contributed by atoms with Crippen LogP contribution in [0.15, 0.2) is 0 Å². The lowest BCUT2D eigenvalue weighted by Gasteiger charge is -2.02. The summed E-state index contributed by atoms with van der Waals surface area (Å²) in [7, 11) is 0. The fourth-order valence-electron chi connectivity index (χ4n) is 1.33. The molecule has 0 aromatic heterocycles. The van der Waals surface area contributed by atoms with Gasteiger partial charge in [-0.05, 0) is 12.8 Å². The maximum atomic E-state index is 7.62. The largest absolute Gasteiger partial charge is 0.394 e. The number of unbranched alkanes of at least 4 members (excludes halogenated alkanes) is 6. The van der Waals surface area contributed by atoms with Crippen molar-refractivity contribution in [2.75, 3.05) is 26.4 Å². The van der Waals surface area contributed by atoms with Gasteiger partial charge in [0.25, 0.3) is 0 Å². The van der Waals surface area contributed by atoms with Crippen LogP contribution in [0.5, 0.6) is 0 Å². The first-order valence-corrected chi connectivity index (χ1v) is 7.12. The summed E-state index contributed by atoms with van der Waals surface area (Å²) in [5.41, 5.74) is 0. The van der Waals surface area contributed by atoms with E-state index in [1.807, 2.05) is 0 Å². The van der Waals surface area contributed by atoms with Crippen molar-refractivity contribution >= 4 is 0 Å². The van der Waals surface area contributed by atoms with Crippen LogP contribution in [0, 0.1) is 0 Å². The second-order valence-corrected chi connectivity index (χ2v) is 4.18. The molecule has 3 nitrogen and oxygen atoms in total. The van der Waals surface area contributed by atoms with Crippen molar-refractivity contribution in [1.82, 2.24) is 0 Å². The van der Waals surface area contributed by atoms with Crippen molar-refractivity contribution in [3.63, 3.8) is 0 Å². The Bertz CT molecular complexity index is 95.6. The zero-order valence-corrected chi connectivity index (χ0v) is 11.8. The van der Waals surface area contributed by atoms with E-state index in [0.717, 1.165) is 13.2 Å². The number of aliphatic hydroxyl groups is 2. The Balaban J connectivity index is 0. The highest BCUT2D eigenvalue weighted by Gasteiger charge is 1.90. The molecule has 0 saturated carbocycles. The first kappa shape index (κ1) is 19.2. The quantitative estimate of drug-likeness (QED) is 0.552. The topological polar surface area (TPSA) is 49.7 Å². The molecule has 0 aromatic carbocycles. The van der Waals surface area contributed by atoms with Gasteiger partial charge in [-0.15, -0.1) is 0 Å². The molecule has 3 heteroatoms. The summed E-state index contributed by atoms with van der Waals surface area (Å²) in [6, 6.07) is 0. The molecule has 0 spiro atoms. The minimum atomic E-state index is -0.125. The molecule has 0 unspecified atom stereocenters. The molecular formula is C14H32O3.